The fraction of sp³-hybridized carbons (Fsp3) is 0.522. The molecule has 1 aromatic carbocycles. The van der Waals surface area contributed by atoms with Crippen molar-refractivity contribution >= 4 is 11.9 Å². The highest BCUT2D eigenvalue weighted by atomic mass is 16.3. The van der Waals surface area contributed by atoms with Crippen molar-refractivity contribution in [2.75, 3.05) is 0 Å². The van der Waals surface area contributed by atoms with Crippen LogP contribution in [-0.2, 0) is 10.2 Å². The summed E-state index contributed by atoms with van der Waals surface area (Å²) >= 11 is 0. The second-order valence-corrected chi connectivity index (χ2v) is 9.23. The van der Waals surface area contributed by atoms with Gasteiger partial charge in [0.2, 0.25) is 0 Å². The van der Waals surface area contributed by atoms with Gasteiger partial charge in [-0.25, -0.2) is 0 Å². The summed E-state index contributed by atoms with van der Waals surface area (Å²) in [7, 11) is 0. The molecule has 130 valence electrons. The number of fused-ring (bicyclic) bond motifs is 4. The largest absolute Gasteiger partial charge is 0.508 e. The lowest BCUT2D eigenvalue weighted by Crippen LogP contribution is -2.53. The highest BCUT2D eigenvalue weighted by Crippen LogP contribution is 2.73. The molecule has 2 nitrogen and oxygen atoms in total. The van der Waals surface area contributed by atoms with Gasteiger partial charge in [-0.2, -0.15) is 0 Å². The Morgan fingerprint density at radius 3 is 2.80 bits per heavy atom. The minimum atomic E-state index is -0.187. The summed E-state index contributed by atoms with van der Waals surface area (Å²) in [5.74, 6) is 1.60. The van der Waals surface area contributed by atoms with Crippen LogP contribution in [0.5, 0.6) is 5.75 Å². The fourth-order valence-electron chi connectivity index (χ4n) is 7.11. The van der Waals surface area contributed by atoms with Crippen LogP contribution in [0.1, 0.15) is 57.1 Å². The average molecular weight is 334 g/mol. The first-order valence-corrected chi connectivity index (χ1v) is 9.56. The molecular formula is C23H26O2. The third kappa shape index (κ3) is 1.55. The van der Waals surface area contributed by atoms with Gasteiger partial charge in [-0.1, -0.05) is 44.2 Å². The van der Waals surface area contributed by atoms with E-state index in [0.29, 0.717) is 29.8 Å². The van der Waals surface area contributed by atoms with E-state index in [9.17, 15) is 9.90 Å². The van der Waals surface area contributed by atoms with Crippen molar-refractivity contribution in [3.63, 3.8) is 0 Å². The van der Waals surface area contributed by atoms with Crippen LogP contribution in [0.2, 0.25) is 0 Å². The van der Waals surface area contributed by atoms with Gasteiger partial charge in [0.25, 0.3) is 0 Å². The molecule has 1 N–H and O–H groups in total. The molecule has 1 aromatic rings. The Bertz CT molecular complexity index is 850. The average Bonchev–Trinajstić information content (AvgIpc) is 2.97. The molecule has 0 heterocycles. The zero-order chi connectivity index (χ0) is 17.6. The maximum absolute atomic E-state index is 13.2. The van der Waals surface area contributed by atoms with Crippen molar-refractivity contribution in [1.29, 1.82) is 0 Å². The topological polar surface area (TPSA) is 37.3 Å². The molecule has 0 aromatic heterocycles. The van der Waals surface area contributed by atoms with Crippen molar-refractivity contribution < 1.29 is 9.90 Å². The quantitative estimate of drug-likeness (QED) is 0.677. The molecule has 5 atom stereocenters. The van der Waals surface area contributed by atoms with E-state index in [1.807, 2.05) is 12.1 Å². The van der Waals surface area contributed by atoms with Crippen LogP contribution in [0.4, 0.5) is 0 Å². The van der Waals surface area contributed by atoms with E-state index in [4.69, 9.17) is 0 Å². The van der Waals surface area contributed by atoms with E-state index in [1.165, 1.54) is 11.1 Å². The number of carbonyl (C=O) groups is 1. The van der Waals surface area contributed by atoms with Crippen molar-refractivity contribution in [3.05, 3.63) is 47.6 Å². The van der Waals surface area contributed by atoms with Crippen LogP contribution in [0.3, 0.4) is 0 Å². The van der Waals surface area contributed by atoms with Crippen molar-refractivity contribution in [3.8, 4) is 5.75 Å². The number of Topliss-reactive ketones (excluding diaryl/α,β-unsaturated/α-hetero) is 1. The number of aromatic hydroxyl groups is 1. The van der Waals surface area contributed by atoms with Crippen molar-refractivity contribution in [2.45, 2.75) is 51.4 Å². The highest BCUT2D eigenvalue weighted by Gasteiger charge is 2.70. The van der Waals surface area contributed by atoms with E-state index >= 15 is 0 Å². The predicted octanol–water partition coefficient (Wildman–Crippen LogP) is 5.02. The number of allylic oxidation sites excluding steroid dienone is 2. The number of ketones is 1. The molecule has 1 spiro atoms. The number of carbonyl (C=O) groups excluding carboxylic acids is 1. The van der Waals surface area contributed by atoms with Crippen LogP contribution < -0.4 is 0 Å². The minimum Gasteiger partial charge on any atom is -0.508 e. The fourth-order valence-corrected chi connectivity index (χ4v) is 7.11. The lowest BCUT2D eigenvalue weighted by molar-refractivity contribution is -0.137. The maximum atomic E-state index is 13.2. The number of benzene rings is 1. The lowest BCUT2D eigenvalue weighted by atomic mass is 9.47. The zero-order valence-corrected chi connectivity index (χ0v) is 15.1. The summed E-state index contributed by atoms with van der Waals surface area (Å²) in [6, 6.07) is 5.79. The molecule has 4 aliphatic carbocycles. The van der Waals surface area contributed by atoms with E-state index in [-0.39, 0.29) is 16.2 Å². The van der Waals surface area contributed by atoms with Crippen molar-refractivity contribution in [2.24, 2.45) is 22.7 Å². The molecule has 0 saturated heterocycles. The SMILES string of the molecule is C=C1CC(=O)[C@@]23CC[C@]4(C)c5ccc(O)cc5C=CC4C2CC[C@@]13C. The Morgan fingerprint density at radius 2 is 2.00 bits per heavy atom. The summed E-state index contributed by atoms with van der Waals surface area (Å²) in [5, 5.41) is 9.85. The minimum absolute atomic E-state index is 0.000840. The zero-order valence-electron chi connectivity index (χ0n) is 15.1. The number of phenolic OH excluding ortho intramolecular Hbond substituents is 1. The van der Waals surface area contributed by atoms with Crippen LogP contribution >= 0.6 is 0 Å². The number of rotatable bonds is 0. The molecule has 3 fully saturated rings. The van der Waals surface area contributed by atoms with E-state index in [0.717, 1.165) is 31.2 Å². The summed E-state index contributed by atoms with van der Waals surface area (Å²) < 4.78 is 0. The van der Waals surface area contributed by atoms with Gasteiger partial charge >= 0.3 is 0 Å². The van der Waals surface area contributed by atoms with Gasteiger partial charge in [0.15, 0.2) is 0 Å². The maximum Gasteiger partial charge on any atom is 0.144 e. The first kappa shape index (κ1) is 15.4. The number of phenols is 1. The van der Waals surface area contributed by atoms with E-state index in [2.05, 4.69) is 38.6 Å². The summed E-state index contributed by atoms with van der Waals surface area (Å²) in [6.07, 6.45) is 9.34. The van der Waals surface area contributed by atoms with Gasteiger partial charge in [-0.3, -0.25) is 4.79 Å². The second-order valence-electron chi connectivity index (χ2n) is 9.23. The lowest BCUT2D eigenvalue weighted by Gasteiger charge is -2.55. The Labute approximate surface area is 149 Å². The molecule has 2 heteroatoms. The van der Waals surface area contributed by atoms with Crippen LogP contribution in [0, 0.1) is 22.7 Å². The second kappa shape index (κ2) is 4.47. The normalized spacial score (nSPS) is 44.2. The summed E-state index contributed by atoms with van der Waals surface area (Å²) in [5.41, 5.74) is 3.52. The molecule has 5 rings (SSSR count). The monoisotopic (exact) mass is 334 g/mol. The van der Waals surface area contributed by atoms with Crippen molar-refractivity contribution in [1.82, 2.24) is 0 Å². The van der Waals surface area contributed by atoms with Crippen LogP contribution in [-0.4, -0.2) is 10.9 Å². The Kier molecular flexibility index (Phi) is 2.76. The Hall–Kier alpha value is -1.83. The Balaban J connectivity index is 1.66. The van der Waals surface area contributed by atoms with Gasteiger partial charge in [0, 0.05) is 17.3 Å². The van der Waals surface area contributed by atoms with Crippen LogP contribution in [0.15, 0.2) is 36.4 Å². The van der Waals surface area contributed by atoms with Gasteiger partial charge in [0.05, 0.1) is 0 Å². The summed E-state index contributed by atoms with van der Waals surface area (Å²) in [4.78, 5) is 13.2. The number of hydrogen-bond acceptors (Lipinski definition) is 2. The molecule has 3 saturated carbocycles. The molecule has 0 bridgehead atoms. The van der Waals surface area contributed by atoms with Crippen LogP contribution in [0.25, 0.3) is 6.08 Å². The van der Waals surface area contributed by atoms with Gasteiger partial charge < -0.3 is 5.11 Å². The first-order chi connectivity index (χ1) is 11.8. The smallest absolute Gasteiger partial charge is 0.144 e. The molecule has 0 amide bonds. The van der Waals surface area contributed by atoms with Gasteiger partial charge in [-0.05, 0) is 66.2 Å². The molecule has 4 aliphatic rings. The molecule has 25 heavy (non-hydrogen) atoms. The number of hydrogen-bond donors (Lipinski definition) is 1. The molecule has 0 radical (unpaired) electrons. The highest BCUT2D eigenvalue weighted by molar-refractivity contribution is 5.93. The molecular weight excluding hydrogens is 308 g/mol. The van der Waals surface area contributed by atoms with Gasteiger partial charge in [0.1, 0.15) is 11.5 Å². The van der Waals surface area contributed by atoms with Gasteiger partial charge in [-0.15, -0.1) is 0 Å². The standard InChI is InChI=1S/C23H26O2/c1-14-12-20(25)23-11-10-21(2)17-7-5-16(24)13-15(17)4-6-18(21)19(23)8-9-22(14,23)3/h4-7,13,18-19,24H,1,8-12H2,2-3H3/t18?,19?,21-,22+,23-/m1/s1. The molecule has 0 aliphatic heterocycles. The first-order valence-electron chi connectivity index (χ1n) is 9.56. The van der Waals surface area contributed by atoms with E-state index in [1.54, 1.807) is 0 Å². The third-order valence-corrected chi connectivity index (χ3v) is 8.57. The van der Waals surface area contributed by atoms with E-state index < -0.39 is 0 Å². The predicted molar refractivity (Wildman–Crippen MR) is 99.2 cm³/mol. The third-order valence-electron chi connectivity index (χ3n) is 8.57. The Morgan fingerprint density at radius 1 is 1.20 bits per heavy atom. The summed E-state index contributed by atoms with van der Waals surface area (Å²) in [6.45, 7) is 8.98. The molecule has 2 unspecified atom stereocenters.